The maximum atomic E-state index is 13.3. The summed E-state index contributed by atoms with van der Waals surface area (Å²) in [5.74, 6) is -2.66. The zero-order valence-corrected chi connectivity index (χ0v) is 21.6. The lowest BCUT2D eigenvalue weighted by Crippen LogP contribution is -2.41. The minimum atomic E-state index is -5.07. The SMILES string of the molecule is CC(O)(c1cc(Cl)cc(C(CC(=O)O)NC(=O)CNC(=O)c2cncc(NC3=NCC(F)CN3)c2)c1)C(F)(F)F. The van der Waals surface area contributed by atoms with Gasteiger partial charge in [-0.3, -0.25) is 19.4 Å². The number of hydrogen-bond donors (Lipinski definition) is 6. The molecule has 3 unspecified atom stereocenters. The van der Waals surface area contributed by atoms with E-state index in [0.29, 0.717) is 12.6 Å². The second-order valence-electron chi connectivity index (χ2n) is 9.00. The number of nitrogens with zero attached hydrogens (tertiary/aromatic N) is 2. The van der Waals surface area contributed by atoms with Gasteiger partial charge in [0, 0.05) is 11.2 Å². The molecule has 40 heavy (non-hydrogen) atoms. The smallest absolute Gasteiger partial charge is 0.421 e. The van der Waals surface area contributed by atoms with Gasteiger partial charge in [0.25, 0.3) is 5.91 Å². The molecule has 1 aromatic heterocycles. The maximum absolute atomic E-state index is 13.3. The van der Waals surface area contributed by atoms with Crippen molar-refractivity contribution in [2.45, 2.75) is 37.3 Å². The average molecular weight is 589 g/mol. The molecule has 1 aliphatic heterocycles. The summed E-state index contributed by atoms with van der Waals surface area (Å²) in [6, 6.07) is 3.00. The molecule has 0 radical (unpaired) electrons. The quantitative estimate of drug-likeness (QED) is 0.243. The summed E-state index contributed by atoms with van der Waals surface area (Å²) in [5.41, 5.74) is -3.65. The third-order valence-corrected chi connectivity index (χ3v) is 5.98. The molecule has 11 nitrogen and oxygen atoms in total. The van der Waals surface area contributed by atoms with E-state index in [1.807, 2.05) is 0 Å². The van der Waals surface area contributed by atoms with E-state index < -0.39 is 60.3 Å². The van der Waals surface area contributed by atoms with Crippen LogP contribution in [-0.2, 0) is 15.2 Å². The highest BCUT2D eigenvalue weighted by atomic mass is 35.5. The largest absolute Gasteiger partial charge is 0.481 e. The number of halogens is 5. The summed E-state index contributed by atoms with van der Waals surface area (Å²) in [5, 5.41) is 29.3. The molecular weight excluding hydrogens is 564 g/mol. The topological polar surface area (TPSA) is 165 Å². The molecular formula is C24H25ClF4N6O5. The molecule has 2 amide bonds. The second-order valence-corrected chi connectivity index (χ2v) is 9.44. The summed E-state index contributed by atoms with van der Waals surface area (Å²) in [6.45, 7) is -0.0678. The number of pyridine rings is 1. The van der Waals surface area contributed by atoms with Crippen molar-refractivity contribution in [3.8, 4) is 0 Å². The Labute approximate surface area is 230 Å². The van der Waals surface area contributed by atoms with Crippen molar-refractivity contribution in [3.05, 3.63) is 58.4 Å². The minimum Gasteiger partial charge on any atom is -0.481 e. The predicted molar refractivity (Wildman–Crippen MR) is 136 cm³/mol. The molecule has 3 atom stereocenters. The number of hydrogen-bond acceptors (Lipinski definition) is 8. The Balaban J connectivity index is 1.68. The van der Waals surface area contributed by atoms with E-state index in [0.717, 1.165) is 18.2 Å². The predicted octanol–water partition coefficient (Wildman–Crippen LogP) is 2.28. The van der Waals surface area contributed by atoms with Gasteiger partial charge in [0.2, 0.25) is 5.91 Å². The van der Waals surface area contributed by atoms with Crippen LogP contribution in [0.15, 0.2) is 41.7 Å². The third-order valence-electron chi connectivity index (χ3n) is 5.76. The van der Waals surface area contributed by atoms with Crippen LogP contribution >= 0.6 is 11.6 Å². The van der Waals surface area contributed by atoms with Crippen LogP contribution < -0.4 is 21.3 Å². The highest BCUT2D eigenvalue weighted by molar-refractivity contribution is 6.30. The van der Waals surface area contributed by atoms with Gasteiger partial charge in [-0.1, -0.05) is 17.7 Å². The number of guanidine groups is 1. The summed E-state index contributed by atoms with van der Waals surface area (Å²) < 4.78 is 53.2. The number of rotatable bonds is 9. The standard InChI is InChI=1S/C24H25ClF4N6O5/c1-23(40,24(27,28)29)14-2-12(3-15(25)5-14)18(6-20(37)38)35-19(36)11-31-21(39)13-4-17(10-30-7-13)34-22-32-8-16(26)9-33-22/h2-5,7,10,16,18,40H,6,8-9,11H2,1H3,(H,31,39)(H,35,36)(H,37,38)(H2,32,33,34). The maximum Gasteiger partial charge on any atom is 0.421 e. The number of nitrogens with one attached hydrogen (secondary N) is 4. The molecule has 0 saturated carbocycles. The van der Waals surface area contributed by atoms with Crippen LogP contribution in [0.5, 0.6) is 0 Å². The van der Waals surface area contributed by atoms with E-state index in [4.69, 9.17) is 11.6 Å². The number of amides is 2. The lowest BCUT2D eigenvalue weighted by Gasteiger charge is -2.28. The van der Waals surface area contributed by atoms with Gasteiger partial charge in [0.05, 0.1) is 49.5 Å². The van der Waals surface area contributed by atoms with Crippen LogP contribution in [0.25, 0.3) is 0 Å². The monoisotopic (exact) mass is 588 g/mol. The summed E-state index contributed by atoms with van der Waals surface area (Å²) in [7, 11) is 0. The van der Waals surface area contributed by atoms with Gasteiger partial charge in [0.1, 0.15) is 6.17 Å². The Morgan fingerprint density at radius 2 is 1.93 bits per heavy atom. The van der Waals surface area contributed by atoms with E-state index >= 15 is 0 Å². The van der Waals surface area contributed by atoms with E-state index in [1.54, 1.807) is 0 Å². The number of aliphatic imine (C=N–C) groups is 1. The van der Waals surface area contributed by atoms with E-state index in [2.05, 4.69) is 31.2 Å². The first kappa shape index (κ1) is 30.6. The number of aromatic nitrogens is 1. The number of carbonyl (C=O) groups is 3. The first-order valence-electron chi connectivity index (χ1n) is 11.7. The fraction of sp³-hybridized carbons (Fsp3) is 0.375. The number of aliphatic hydroxyl groups is 1. The number of alkyl halides is 4. The molecule has 0 aliphatic carbocycles. The van der Waals surface area contributed by atoms with Crippen molar-refractivity contribution < 1.29 is 42.2 Å². The molecule has 0 fully saturated rings. The number of anilines is 1. The second kappa shape index (κ2) is 12.5. The van der Waals surface area contributed by atoms with Crippen molar-refractivity contribution in [2.24, 2.45) is 4.99 Å². The van der Waals surface area contributed by atoms with E-state index in [1.165, 1.54) is 18.5 Å². The van der Waals surface area contributed by atoms with Crippen molar-refractivity contribution in [1.82, 2.24) is 20.9 Å². The van der Waals surface area contributed by atoms with Gasteiger partial charge in [-0.15, -0.1) is 0 Å². The van der Waals surface area contributed by atoms with E-state index in [9.17, 15) is 42.2 Å². The van der Waals surface area contributed by atoms with Gasteiger partial charge in [0.15, 0.2) is 11.6 Å². The zero-order valence-electron chi connectivity index (χ0n) is 20.9. The van der Waals surface area contributed by atoms with E-state index in [-0.39, 0.29) is 35.2 Å². The molecule has 1 aromatic carbocycles. The molecule has 216 valence electrons. The molecule has 6 N–H and O–H groups in total. The Bertz CT molecular complexity index is 1310. The minimum absolute atomic E-state index is 0.0287. The van der Waals surface area contributed by atoms with Crippen molar-refractivity contribution in [3.63, 3.8) is 0 Å². The van der Waals surface area contributed by atoms with Crippen LogP contribution in [0.4, 0.5) is 23.2 Å². The van der Waals surface area contributed by atoms with Crippen LogP contribution in [0, 0.1) is 0 Å². The molecule has 2 heterocycles. The highest BCUT2D eigenvalue weighted by Gasteiger charge is 2.51. The van der Waals surface area contributed by atoms with Gasteiger partial charge in [-0.05, 0) is 36.2 Å². The highest BCUT2D eigenvalue weighted by Crippen LogP contribution is 2.40. The Morgan fingerprint density at radius 3 is 2.55 bits per heavy atom. The first-order valence-corrected chi connectivity index (χ1v) is 12.1. The Morgan fingerprint density at radius 1 is 1.20 bits per heavy atom. The molecule has 0 spiro atoms. The molecule has 16 heteroatoms. The third kappa shape index (κ3) is 8.02. The first-order chi connectivity index (χ1) is 18.7. The van der Waals surface area contributed by atoms with Gasteiger partial charge in [-0.2, -0.15) is 13.2 Å². The molecule has 1 aliphatic rings. The summed E-state index contributed by atoms with van der Waals surface area (Å²) >= 11 is 5.94. The molecule has 3 rings (SSSR count). The van der Waals surface area contributed by atoms with Gasteiger partial charge in [-0.25, -0.2) is 9.38 Å². The molecule has 0 bridgehead atoms. The van der Waals surface area contributed by atoms with Crippen molar-refractivity contribution >= 4 is 41.0 Å². The van der Waals surface area contributed by atoms with Crippen LogP contribution in [-0.4, -0.2) is 70.9 Å². The number of carboxylic acid groups (broad SMARTS) is 1. The van der Waals surface area contributed by atoms with Crippen LogP contribution in [0.3, 0.4) is 0 Å². The Kier molecular flexibility index (Phi) is 9.52. The van der Waals surface area contributed by atoms with Crippen molar-refractivity contribution in [2.75, 3.05) is 25.0 Å². The number of aliphatic carboxylic acids is 1. The van der Waals surface area contributed by atoms with Gasteiger partial charge >= 0.3 is 12.1 Å². The van der Waals surface area contributed by atoms with Crippen LogP contribution in [0.2, 0.25) is 5.02 Å². The molecule has 2 aromatic rings. The fourth-order valence-corrected chi connectivity index (χ4v) is 3.81. The molecule has 0 saturated heterocycles. The Hall–Kier alpha value is -3.98. The lowest BCUT2D eigenvalue weighted by atomic mass is 9.91. The summed E-state index contributed by atoms with van der Waals surface area (Å²) in [4.78, 5) is 44.4. The van der Waals surface area contributed by atoms with Crippen LogP contribution in [0.1, 0.15) is 40.9 Å². The van der Waals surface area contributed by atoms with Crippen molar-refractivity contribution in [1.29, 1.82) is 0 Å². The fourth-order valence-electron chi connectivity index (χ4n) is 3.56. The van der Waals surface area contributed by atoms with Gasteiger partial charge < -0.3 is 31.5 Å². The average Bonchev–Trinajstić information content (AvgIpc) is 2.87. The summed E-state index contributed by atoms with van der Waals surface area (Å²) in [6.07, 6.45) is -4.30. The number of benzene rings is 1. The number of carboxylic acids is 1. The normalized spacial score (nSPS) is 17.5. The lowest BCUT2D eigenvalue weighted by molar-refractivity contribution is -0.258. The zero-order chi connectivity index (χ0) is 29.7. The number of carbonyl (C=O) groups excluding carboxylic acids is 2.